The molecule has 4 N–H and O–H groups in total. The maximum absolute atomic E-state index is 9.65. The summed E-state index contributed by atoms with van der Waals surface area (Å²) in [5, 5.41) is 17.1. The van der Waals surface area contributed by atoms with E-state index in [2.05, 4.69) is 13.8 Å². The molecule has 3 nitrogen and oxygen atoms in total. The minimum absolute atomic E-state index is 0.0577. The van der Waals surface area contributed by atoms with Crippen LogP contribution in [-0.2, 0) is 6.42 Å². The Hall–Kier alpha value is -1.51. The zero-order valence-electron chi connectivity index (χ0n) is 9.96. The third kappa shape index (κ3) is 3.26. The van der Waals surface area contributed by atoms with Gasteiger partial charge in [-0.15, -0.1) is 0 Å². The molecule has 0 amide bonds. The van der Waals surface area contributed by atoms with Gasteiger partial charge in [-0.05, 0) is 30.4 Å². The van der Waals surface area contributed by atoms with E-state index in [1.807, 2.05) is 6.07 Å². The zero-order chi connectivity index (χ0) is 12.1. The number of rotatable bonds is 5. The molecule has 0 saturated heterocycles. The molecule has 0 bridgehead atoms. The summed E-state index contributed by atoms with van der Waals surface area (Å²) < 4.78 is 0. The summed E-state index contributed by atoms with van der Waals surface area (Å²) in [5.41, 5.74) is 6.93. The number of hydrogen-bond acceptors (Lipinski definition) is 2. The Morgan fingerprint density at radius 2 is 2.12 bits per heavy atom. The predicted octanol–water partition coefficient (Wildman–Crippen LogP) is 2.65. The Kier molecular flexibility index (Phi) is 4.35. The van der Waals surface area contributed by atoms with E-state index < -0.39 is 0 Å². The van der Waals surface area contributed by atoms with Gasteiger partial charge in [-0.2, -0.15) is 0 Å². The highest BCUT2D eigenvalue weighted by molar-refractivity contribution is 5.99. The minimum atomic E-state index is -0.0577. The normalized spacial score (nSPS) is 10.7. The summed E-state index contributed by atoms with van der Waals surface area (Å²) >= 11 is 0. The van der Waals surface area contributed by atoms with E-state index in [0.717, 1.165) is 24.8 Å². The van der Waals surface area contributed by atoms with Crippen molar-refractivity contribution in [2.24, 2.45) is 11.7 Å². The predicted molar refractivity (Wildman–Crippen MR) is 66.9 cm³/mol. The summed E-state index contributed by atoms with van der Waals surface area (Å²) in [5.74, 6) is 0.727. The smallest absolute Gasteiger partial charge is 0.126 e. The molecule has 0 radical (unpaired) electrons. The second kappa shape index (κ2) is 5.54. The number of nitrogens with two attached hydrogens (primary N) is 1. The Morgan fingerprint density at radius 1 is 1.44 bits per heavy atom. The lowest BCUT2D eigenvalue weighted by Gasteiger charge is -2.10. The molecule has 16 heavy (non-hydrogen) atoms. The Labute approximate surface area is 96.8 Å². The SMILES string of the molecule is CC(C)CCCc1cccc(O)c1C(=N)N. The molecule has 0 saturated carbocycles. The number of benzene rings is 1. The first-order chi connectivity index (χ1) is 7.52. The molecule has 0 heterocycles. The summed E-state index contributed by atoms with van der Waals surface area (Å²) in [6, 6.07) is 5.30. The second-order valence-corrected chi connectivity index (χ2v) is 4.51. The van der Waals surface area contributed by atoms with Crippen molar-refractivity contribution in [2.45, 2.75) is 33.1 Å². The van der Waals surface area contributed by atoms with Crippen LogP contribution in [-0.4, -0.2) is 10.9 Å². The number of hydrogen-bond donors (Lipinski definition) is 3. The van der Waals surface area contributed by atoms with Crippen LogP contribution in [0.4, 0.5) is 0 Å². The van der Waals surface area contributed by atoms with E-state index >= 15 is 0 Å². The monoisotopic (exact) mass is 220 g/mol. The second-order valence-electron chi connectivity index (χ2n) is 4.51. The first-order valence-corrected chi connectivity index (χ1v) is 5.67. The van der Waals surface area contributed by atoms with Crippen LogP contribution < -0.4 is 5.73 Å². The average molecular weight is 220 g/mol. The molecule has 0 fully saturated rings. The van der Waals surface area contributed by atoms with Crippen LogP contribution >= 0.6 is 0 Å². The topological polar surface area (TPSA) is 70.1 Å². The van der Waals surface area contributed by atoms with Crippen LogP contribution in [0.25, 0.3) is 0 Å². The largest absolute Gasteiger partial charge is 0.507 e. The summed E-state index contributed by atoms with van der Waals surface area (Å²) in [6.45, 7) is 4.38. The van der Waals surface area contributed by atoms with Crippen LogP contribution in [0, 0.1) is 11.3 Å². The molecular formula is C13H20N2O. The third-order valence-corrected chi connectivity index (χ3v) is 2.63. The van der Waals surface area contributed by atoms with Gasteiger partial charge in [0.15, 0.2) is 0 Å². The lowest BCUT2D eigenvalue weighted by molar-refractivity contribution is 0.472. The van der Waals surface area contributed by atoms with E-state index in [-0.39, 0.29) is 11.6 Å². The number of nitrogens with one attached hydrogen (secondary N) is 1. The van der Waals surface area contributed by atoms with E-state index in [1.54, 1.807) is 12.1 Å². The van der Waals surface area contributed by atoms with Crippen molar-refractivity contribution in [3.8, 4) is 5.75 Å². The van der Waals surface area contributed by atoms with E-state index in [4.69, 9.17) is 11.1 Å². The maximum Gasteiger partial charge on any atom is 0.126 e. The van der Waals surface area contributed by atoms with Gasteiger partial charge in [0, 0.05) is 0 Å². The van der Waals surface area contributed by atoms with Crippen molar-refractivity contribution >= 4 is 5.84 Å². The molecule has 0 unspecified atom stereocenters. The lowest BCUT2D eigenvalue weighted by atomic mass is 9.98. The van der Waals surface area contributed by atoms with Gasteiger partial charge in [-0.25, -0.2) is 0 Å². The number of aryl methyl sites for hydroxylation is 1. The first kappa shape index (κ1) is 12.6. The van der Waals surface area contributed by atoms with Crippen molar-refractivity contribution in [3.63, 3.8) is 0 Å². The number of aromatic hydroxyl groups is 1. The summed E-state index contributed by atoms with van der Waals surface area (Å²) in [6.07, 6.45) is 3.07. The highest BCUT2D eigenvalue weighted by atomic mass is 16.3. The van der Waals surface area contributed by atoms with Gasteiger partial charge in [0.05, 0.1) is 5.56 Å². The van der Waals surface area contributed by atoms with Gasteiger partial charge in [-0.3, -0.25) is 5.41 Å². The molecule has 3 heteroatoms. The summed E-state index contributed by atoms with van der Waals surface area (Å²) in [4.78, 5) is 0. The van der Waals surface area contributed by atoms with Crippen LogP contribution in [0.15, 0.2) is 18.2 Å². The molecule has 0 aliphatic rings. The zero-order valence-corrected chi connectivity index (χ0v) is 9.96. The van der Waals surface area contributed by atoms with Crippen molar-refractivity contribution < 1.29 is 5.11 Å². The van der Waals surface area contributed by atoms with E-state index in [9.17, 15) is 5.11 Å². The Morgan fingerprint density at radius 3 is 2.69 bits per heavy atom. The molecule has 0 spiro atoms. The quantitative estimate of drug-likeness (QED) is 0.527. The number of phenolic OH excluding ortho intramolecular Hbond substituents is 1. The molecule has 1 rings (SSSR count). The number of nitrogen functional groups attached to an aromatic ring is 1. The van der Waals surface area contributed by atoms with Crippen LogP contribution in [0.1, 0.15) is 37.8 Å². The fraction of sp³-hybridized carbons (Fsp3) is 0.462. The van der Waals surface area contributed by atoms with Gasteiger partial charge in [-0.1, -0.05) is 32.4 Å². The van der Waals surface area contributed by atoms with Crippen molar-refractivity contribution in [2.75, 3.05) is 0 Å². The molecule has 0 aliphatic carbocycles. The van der Waals surface area contributed by atoms with Crippen molar-refractivity contribution in [1.29, 1.82) is 5.41 Å². The minimum Gasteiger partial charge on any atom is -0.507 e. The fourth-order valence-electron chi connectivity index (χ4n) is 1.81. The van der Waals surface area contributed by atoms with Crippen molar-refractivity contribution in [3.05, 3.63) is 29.3 Å². The van der Waals surface area contributed by atoms with Gasteiger partial charge in [0.25, 0.3) is 0 Å². The van der Waals surface area contributed by atoms with Gasteiger partial charge in [0.2, 0.25) is 0 Å². The number of amidine groups is 1. The first-order valence-electron chi connectivity index (χ1n) is 5.67. The van der Waals surface area contributed by atoms with Crippen LogP contribution in [0.5, 0.6) is 5.75 Å². The Bertz CT molecular complexity index is 372. The summed E-state index contributed by atoms with van der Waals surface area (Å²) in [7, 11) is 0. The van der Waals surface area contributed by atoms with Gasteiger partial charge in [0.1, 0.15) is 11.6 Å². The molecule has 0 atom stereocenters. The molecule has 1 aromatic rings. The average Bonchev–Trinajstić information content (AvgIpc) is 2.16. The number of phenols is 1. The highest BCUT2D eigenvalue weighted by Gasteiger charge is 2.10. The van der Waals surface area contributed by atoms with E-state index in [1.165, 1.54) is 0 Å². The van der Waals surface area contributed by atoms with Crippen LogP contribution in [0.2, 0.25) is 0 Å². The van der Waals surface area contributed by atoms with Gasteiger partial charge >= 0.3 is 0 Å². The maximum atomic E-state index is 9.65. The van der Waals surface area contributed by atoms with Crippen molar-refractivity contribution in [1.82, 2.24) is 0 Å². The molecular weight excluding hydrogens is 200 g/mol. The molecule has 1 aromatic carbocycles. The standard InChI is InChI=1S/C13H20N2O/c1-9(2)5-3-6-10-7-4-8-11(16)12(10)13(14)15/h4,7-9,16H,3,5-6H2,1-2H3,(H3,14,15). The third-order valence-electron chi connectivity index (χ3n) is 2.63. The Balaban J connectivity index is 2.79. The van der Waals surface area contributed by atoms with Crippen LogP contribution in [0.3, 0.4) is 0 Å². The van der Waals surface area contributed by atoms with Gasteiger partial charge < -0.3 is 10.8 Å². The van der Waals surface area contributed by atoms with E-state index in [0.29, 0.717) is 11.5 Å². The molecule has 0 aliphatic heterocycles. The highest BCUT2D eigenvalue weighted by Crippen LogP contribution is 2.22. The lowest BCUT2D eigenvalue weighted by Crippen LogP contribution is -2.14. The fourth-order valence-corrected chi connectivity index (χ4v) is 1.81. The molecule has 0 aromatic heterocycles. The molecule has 88 valence electrons.